The molecule has 0 radical (unpaired) electrons. The summed E-state index contributed by atoms with van der Waals surface area (Å²) in [6, 6.07) is 9.34. The summed E-state index contributed by atoms with van der Waals surface area (Å²) in [6.45, 7) is 5.89. The molecule has 2 N–H and O–H groups in total. The van der Waals surface area contributed by atoms with Gasteiger partial charge in [-0.2, -0.15) is 10.1 Å². The first kappa shape index (κ1) is 17.0. The molecule has 27 heavy (non-hydrogen) atoms. The fourth-order valence-corrected chi connectivity index (χ4v) is 3.37. The van der Waals surface area contributed by atoms with Crippen molar-refractivity contribution >= 4 is 17.5 Å². The van der Waals surface area contributed by atoms with Crippen LogP contribution < -0.4 is 10.6 Å². The molecule has 4 rings (SSSR count). The van der Waals surface area contributed by atoms with Crippen molar-refractivity contribution in [3.8, 4) is 0 Å². The number of benzene rings is 1. The molecule has 0 saturated carbocycles. The van der Waals surface area contributed by atoms with Gasteiger partial charge in [0.15, 0.2) is 0 Å². The molecule has 0 saturated heterocycles. The Labute approximate surface area is 157 Å². The van der Waals surface area contributed by atoms with E-state index in [1.807, 2.05) is 51.1 Å². The van der Waals surface area contributed by atoms with Crippen molar-refractivity contribution in [3.63, 3.8) is 0 Å². The van der Waals surface area contributed by atoms with Crippen LogP contribution in [0.15, 0.2) is 60.3 Å². The topological polar surface area (TPSA) is 84.7 Å². The highest BCUT2D eigenvalue weighted by atomic mass is 16.1. The number of anilines is 2. The van der Waals surface area contributed by atoms with E-state index in [0.717, 1.165) is 28.1 Å². The van der Waals surface area contributed by atoms with Crippen LogP contribution in [-0.2, 0) is 4.79 Å². The summed E-state index contributed by atoms with van der Waals surface area (Å²) in [5, 5.41) is 10.5. The Bertz CT molecular complexity index is 1040. The lowest BCUT2D eigenvalue weighted by Crippen LogP contribution is -2.31. The fourth-order valence-electron chi connectivity index (χ4n) is 3.37. The van der Waals surface area contributed by atoms with E-state index in [-0.39, 0.29) is 5.91 Å². The SMILES string of the molecule is CC1=C(C(=O)Nc2ccc(C)cc2C)[C@@H](c2cccnc2)n2ncnc2N1. The Kier molecular flexibility index (Phi) is 4.19. The van der Waals surface area contributed by atoms with Crippen LogP contribution in [-0.4, -0.2) is 25.7 Å². The summed E-state index contributed by atoms with van der Waals surface area (Å²) in [7, 11) is 0. The van der Waals surface area contributed by atoms with Gasteiger partial charge in [0.2, 0.25) is 5.95 Å². The van der Waals surface area contributed by atoms with Gasteiger partial charge in [0.1, 0.15) is 12.4 Å². The van der Waals surface area contributed by atoms with Gasteiger partial charge in [0, 0.05) is 23.8 Å². The number of fused-ring (bicyclic) bond motifs is 1. The lowest BCUT2D eigenvalue weighted by Gasteiger charge is -2.28. The van der Waals surface area contributed by atoms with Crippen LogP contribution in [0.4, 0.5) is 11.6 Å². The van der Waals surface area contributed by atoms with Gasteiger partial charge in [-0.3, -0.25) is 9.78 Å². The molecule has 7 heteroatoms. The summed E-state index contributed by atoms with van der Waals surface area (Å²) in [4.78, 5) is 21.7. The van der Waals surface area contributed by atoms with Crippen LogP contribution in [0.2, 0.25) is 0 Å². The van der Waals surface area contributed by atoms with Crippen LogP contribution in [0.25, 0.3) is 0 Å². The molecule has 1 aromatic carbocycles. The molecule has 0 unspecified atom stereocenters. The minimum Gasteiger partial charge on any atom is -0.328 e. The molecule has 2 aromatic heterocycles. The zero-order valence-electron chi connectivity index (χ0n) is 15.4. The van der Waals surface area contributed by atoms with Crippen molar-refractivity contribution in [1.29, 1.82) is 0 Å². The van der Waals surface area contributed by atoms with E-state index in [1.54, 1.807) is 17.1 Å². The van der Waals surface area contributed by atoms with Gasteiger partial charge >= 0.3 is 0 Å². The molecule has 1 atom stereocenters. The summed E-state index contributed by atoms with van der Waals surface area (Å²) in [5.41, 5.74) is 5.16. The maximum atomic E-state index is 13.2. The number of amides is 1. The molecular formula is C20H20N6O. The number of hydrogen-bond acceptors (Lipinski definition) is 5. The molecule has 3 heterocycles. The average molecular weight is 360 g/mol. The molecular weight excluding hydrogens is 340 g/mol. The predicted octanol–water partition coefficient (Wildman–Crippen LogP) is 3.22. The second kappa shape index (κ2) is 6.68. The number of allylic oxidation sites excluding steroid dienone is 1. The van der Waals surface area contributed by atoms with Gasteiger partial charge in [-0.25, -0.2) is 4.68 Å². The quantitative estimate of drug-likeness (QED) is 0.749. The first-order valence-electron chi connectivity index (χ1n) is 8.70. The van der Waals surface area contributed by atoms with Gasteiger partial charge in [-0.1, -0.05) is 23.8 Å². The Morgan fingerprint density at radius 2 is 2.07 bits per heavy atom. The number of nitrogens with zero attached hydrogens (tertiary/aromatic N) is 4. The highest BCUT2D eigenvalue weighted by Gasteiger charge is 2.33. The van der Waals surface area contributed by atoms with Gasteiger partial charge < -0.3 is 10.6 Å². The highest BCUT2D eigenvalue weighted by molar-refractivity contribution is 6.06. The standard InChI is InChI=1S/C20H20N6O/c1-12-6-7-16(13(2)9-12)25-19(27)17-14(3)24-20-22-11-23-26(20)18(17)15-5-4-8-21-10-15/h4-11,18H,1-3H3,(H,25,27)(H,22,23,24)/t18-/m1/s1. The van der Waals surface area contributed by atoms with Crippen molar-refractivity contribution in [1.82, 2.24) is 19.7 Å². The number of hydrogen-bond donors (Lipinski definition) is 2. The van der Waals surface area contributed by atoms with E-state index < -0.39 is 6.04 Å². The molecule has 0 aliphatic carbocycles. The summed E-state index contributed by atoms with van der Waals surface area (Å²) in [6.07, 6.45) is 4.93. The number of rotatable bonds is 3. The molecule has 3 aromatic rings. The largest absolute Gasteiger partial charge is 0.328 e. The van der Waals surface area contributed by atoms with Crippen molar-refractivity contribution in [2.24, 2.45) is 0 Å². The highest BCUT2D eigenvalue weighted by Crippen LogP contribution is 2.34. The predicted molar refractivity (Wildman–Crippen MR) is 103 cm³/mol. The van der Waals surface area contributed by atoms with E-state index >= 15 is 0 Å². The minimum atomic E-state index is -0.400. The first-order chi connectivity index (χ1) is 13.0. The van der Waals surface area contributed by atoms with Gasteiger partial charge in [-0.05, 0) is 44.0 Å². The third kappa shape index (κ3) is 3.08. The molecule has 1 aliphatic heterocycles. The molecule has 7 nitrogen and oxygen atoms in total. The zero-order valence-corrected chi connectivity index (χ0v) is 15.4. The van der Waals surface area contributed by atoms with Crippen LogP contribution in [0, 0.1) is 13.8 Å². The normalized spacial score (nSPS) is 15.9. The van der Waals surface area contributed by atoms with E-state index in [0.29, 0.717) is 11.5 Å². The number of pyridine rings is 1. The van der Waals surface area contributed by atoms with E-state index in [9.17, 15) is 4.79 Å². The molecule has 0 spiro atoms. The van der Waals surface area contributed by atoms with E-state index in [4.69, 9.17) is 0 Å². The number of aryl methyl sites for hydroxylation is 2. The Morgan fingerprint density at radius 3 is 2.81 bits per heavy atom. The summed E-state index contributed by atoms with van der Waals surface area (Å²) in [5.74, 6) is 0.423. The summed E-state index contributed by atoms with van der Waals surface area (Å²) >= 11 is 0. The Morgan fingerprint density at radius 1 is 1.22 bits per heavy atom. The number of carbonyl (C=O) groups excluding carboxylic acids is 1. The monoisotopic (exact) mass is 360 g/mol. The molecule has 136 valence electrons. The van der Waals surface area contributed by atoms with Crippen LogP contribution >= 0.6 is 0 Å². The molecule has 0 fully saturated rings. The third-order valence-corrected chi connectivity index (χ3v) is 4.67. The van der Waals surface area contributed by atoms with E-state index in [1.165, 1.54) is 6.33 Å². The molecule has 1 amide bonds. The average Bonchev–Trinajstić information content (AvgIpc) is 3.11. The van der Waals surface area contributed by atoms with Crippen molar-refractivity contribution < 1.29 is 4.79 Å². The van der Waals surface area contributed by atoms with Gasteiger partial charge in [-0.15, -0.1) is 0 Å². The van der Waals surface area contributed by atoms with Crippen LogP contribution in [0.1, 0.15) is 29.7 Å². The molecule has 0 bridgehead atoms. The van der Waals surface area contributed by atoms with Crippen molar-refractivity contribution in [3.05, 3.63) is 77.0 Å². The lowest BCUT2D eigenvalue weighted by molar-refractivity contribution is -0.113. The Balaban J connectivity index is 1.75. The fraction of sp³-hybridized carbons (Fsp3) is 0.200. The van der Waals surface area contributed by atoms with Crippen molar-refractivity contribution in [2.45, 2.75) is 26.8 Å². The van der Waals surface area contributed by atoms with Gasteiger partial charge in [0.05, 0.1) is 5.57 Å². The van der Waals surface area contributed by atoms with E-state index in [2.05, 4.69) is 25.7 Å². The number of carbonyl (C=O) groups is 1. The molecule has 1 aliphatic rings. The number of nitrogens with one attached hydrogen (secondary N) is 2. The van der Waals surface area contributed by atoms with Crippen LogP contribution in [0.5, 0.6) is 0 Å². The maximum Gasteiger partial charge on any atom is 0.255 e. The number of aromatic nitrogens is 4. The van der Waals surface area contributed by atoms with Gasteiger partial charge in [0.25, 0.3) is 5.91 Å². The minimum absolute atomic E-state index is 0.179. The lowest BCUT2D eigenvalue weighted by atomic mass is 9.96. The maximum absolute atomic E-state index is 13.2. The smallest absolute Gasteiger partial charge is 0.255 e. The second-order valence-corrected chi connectivity index (χ2v) is 6.65. The third-order valence-electron chi connectivity index (χ3n) is 4.67. The second-order valence-electron chi connectivity index (χ2n) is 6.65. The first-order valence-corrected chi connectivity index (χ1v) is 8.70. The van der Waals surface area contributed by atoms with Crippen LogP contribution in [0.3, 0.4) is 0 Å². The van der Waals surface area contributed by atoms with Crippen molar-refractivity contribution in [2.75, 3.05) is 10.6 Å². The summed E-state index contributed by atoms with van der Waals surface area (Å²) < 4.78 is 1.71. The zero-order chi connectivity index (χ0) is 19.0. The Hall–Kier alpha value is -3.48.